The van der Waals surface area contributed by atoms with Crippen LogP contribution in [0.2, 0.25) is 0 Å². The quantitative estimate of drug-likeness (QED) is 0.460. The zero-order valence-corrected chi connectivity index (χ0v) is 13.7. The van der Waals surface area contributed by atoms with E-state index in [-0.39, 0.29) is 41.3 Å². The maximum absolute atomic E-state index is 12.5. The van der Waals surface area contributed by atoms with Gasteiger partial charge >= 0.3 is 5.97 Å². The summed E-state index contributed by atoms with van der Waals surface area (Å²) < 4.78 is 4.97. The summed E-state index contributed by atoms with van der Waals surface area (Å²) in [5.74, 6) is -1.45. The Bertz CT molecular complexity index is 715. The first-order chi connectivity index (χ1) is 12.1. The van der Waals surface area contributed by atoms with Gasteiger partial charge in [-0.05, 0) is 31.1 Å². The molecular formula is C19H19NO5. The lowest BCUT2D eigenvalue weighted by Crippen LogP contribution is -2.38. The molecule has 1 aromatic rings. The van der Waals surface area contributed by atoms with Crippen LogP contribution in [0, 0.1) is 23.7 Å². The van der Waals surface area contributed by atoms with Crippen LogP contribution in [0.5, 0.6) is 0 Å². The normalized spacial score (nSPS) is 29.8. The highest BCUT2D eigenvalue weighted by molar-refractivity contribution is 6.08. The maximum Gasteiger partial charge on any atom is 0.326 e. The molecule has 25 heavy (non-hydrogen) atoms. The number of fused-ring (bicyclic) bond motifs is 5. The number of Topliss-reactive ketones (excluding diaryl/α,β-unsaturated/α-hetero) is 1. The van der Waals surface area contributed by atoms with Gasteiger partial charge in [0.05, 0.1) is 11.8 Å². The van der Waals surface area contributed by atoms with E-state index in [9.17, 15) is 19.2 Å². The van der Waals surface area contributed by atoms with Gasteiger partial charge in [0.25, 0.3) is 0 Å². The molecule has 1 aliphatic heterocycles. The summed E-state index contributed by atoms with van der Waals surface area (Å²) in [6.45, 7) is -0.788. The molecule has 2 aliphatic carbocycles. The van der Waals surface area contributed by atoms with Gasteiger partial charge in [-0.3, -0.25) is 24.1 Å². The van der Waals surface area contributed by atoms with Gasteiger partial charge in [-0.25, -0.2) is 0 Å². The number of ketones is 1. The molecule has 4 rings (SSSR count). The molecule has 1 saturated heterocycles. The Kier molecular flexibility index (Phi) is 3.90. The van der Waals surface area contributed by atoms with Crippen LogP contribution in [-0.4, -0.2) is 41.6 Å². The van der Waals surface area contributed by atoms with Crippen LogP contribution in [0.15, 0.2) is 30.3 Å². The third-order valence-electron chi connectivity index (χ3n) is 5.77. The minimum absolute atomic E-state index is 0.242. The Morgan fingerprint density at radius 1 is 1.00 bits per heavy atom. The molecule has 2 amide bonds. The summed E-state index contributed by atoms with van der Waals surface area (Å²) in [6.07, 6.45) is 2.94. The largest absolute Gasteiger partial charge is 0.456 e. The van der Waals surface area contributed by atoms with E-state index < -0.39 is 19.1 Å². The Hall–Kier alpha value is -2.50. The van der Waals surface area contributed by atoms with Gasteiger partial charge in [-0.15, -0.1) is 0 Å². The van der Waals surface area contributed by atoms with Crippen LogP contribution in [0.4, 0.5) is 0 Å². The van der Waals surface area contributed by atoms with Gasteiger partial charge in [0.1, 0.15) is 6.54 Å². The van der Waals surface area contributed by atoms with Gasteiger partial charge in [0, 0.05) is 5.56 Å². The van der Waals surface area contributed by atoms with Gasteiger partial charge in [-0.1, -0.05) is 30.3 Å². The van der Waals surface area contributed by atoms with Crippen molar-refractivity contribution < 1.29 is 23.9 Å². The van der Waals surface area contributed by atoms with Gasteiger partial charge < -0.3 is 4.74 Å². The summed E-state index contributed by atoms with van der Waals surface area (Å²) in [5.41, 5.74) is 0.453. The Labute approximate surface area is 145 Å². The highest BCUT2D eigenvalue weighted by Gasteiger charge is 2.61. The predicted molar refractivity (Wildman–Crippen MR) is 86.3 cm³/mol. The van der Waals surface area contributed by atoms with Crippen LogP contribution in [0.25, 0.3) is 0 Å². The fourth-order valence-corrected chi connectivity index (χ4v) is 4.65. The van der Waals surface area contributed by atoms with E-state index in [4.69, 9.17) is 4.74 Å². The number of benzene rings is 1. The maximum atomic E-state index is 12.5. The molecule has 3 aliphatic rings. The third kappa shape index (κ3) is 2.65. The molecule has 4 atom stereocenters. The summed E-state index contributed by atoms with van der Waals surface area (Å²) in [5, 5.41) is 0. The third-order valence-corrected chi connectivity index (χ3v) is 5.77. The number of hydrogen-bond acceptors (Lipinski definition) is 5. The van der Waals surface area contributed by atoms with Crippen molar-refractivity contribution in [3.8, 4) is 0 Å². The number of nitrogens with zero attached hydrogens (tertiary/aromatic N) is 1. The van der Waals surface area contributed by atoms with Crippen LogP contribution in [-0.2, 0) is 19.1 Å². The molecule has 0 N–H and O–H groups in total. The number of amides is 2. The van der Waals surface area contributed by atoms with Crippen molar-refractivity contribution in [2.24, 2.45) is 23.7 Å². The number of carbonyl (C=O) groups excluding carboxylic acids is 4. The fraction of sp³-hybridized carbons (Fsp3) is 0.474. The number of likely N-dealkylation sites (tertiary alicyclic amines) is 1. The predicted octanol–water partition coefficient (Wildman–Crippen LogP) is 1.44. The van der Waals surface area contributed by atoms with E-state index in [0.717, 1.165) is 24.2 Å². The number of imide groups is 1. The Morgan fingerprint density at radius 2 is 1.60 bits per heavy atom. The summed E-state index contributed by atoms with van der Waals surface area (Å²) in [6, 6.07) is 8.52. The SMILES string of the molecule is O=C(CN1C(=O)[C@@H]2[C@H]3CC[C@H](C3)[C@@H]2C1=O)OCC(=O)c1ccccc1. The molecule has 2 bridgehead atoms. The molecule has 2 saturated carbocycles. The van der Waals surface area contributed by atoms with E-state index in [1.54, 1.807) is 30.3 Å². The molecule has 130 valence electrons. The van der Waals surface area contributed by atoms with E-state index in [2.05, 4.69) is 0 Å². The second kappa shape index (κ2) is 6.10. The molecule has 1 aromatic carbocycles. The molecule has 0 spiro atoms. The molecule has 6 nitrogen and oxygen atoms in total. The molecule has 0 radical (unpaired) electrons. The van der Waals surface area contributed by atoms with Gasteiger partial charge in [0.15, 0.2) is 12.4 Å². The Balaban J connectivity index is 1.35. The smallest absolute Gasteiger partial charge is 0.326 e. The minimum atomic E-state index is -0.724. The number of carbonyl (C=O) groups is 4. The summed E-state index contributed by atoms with van der Waals surface area (Å²) in [4.78, 5) is 50.0. The van der Waals surface area contributed by atoms with Crippen molar-refractivity contribution in [1.82, 2.24) is 4.90 Å². The minimum Gasteiger partial charge on any atom is -0.456 e. The van der Waals surface area contributed by atoms with Gasteiger partial charge in [-0.2, -0.15) is 0 Å². The summed E-state index contributed by atoms with van der Waals surface area (Å²) >= 11 is 0. The molecule has 3 fully saturated rings. The van der Waals surface area contributed by atoms with Crippen LogP contribution < -0.4 is 0 Å². The zero-order chi connectivity index (χ0) is 17.6. The molecule has 1 heterocycles. The van der Waals surface area contributed by atoms with Crippen LogP contribution in [0.3, 0.4) is 0 Å². The summed E-state index contributed by atoms with van der Waals surface area (Å²) in [7, 11) is 0. The number of esters is 1. The lowest BCUT2D eigenvalue weighted by molar-refractivity contribution is -0.152. The lowest BCUT2D eigenvalue weighted by Gasteiger charge is -2.19. The topological polar surface area (TPSA) is 80.8 Å². The molecule has 0 unspecified atom stereocenters. The second-order valence-corrected chi connectivity index (χ2v) is 7.10. The number of ether oxygens (including phenoxy) is 1. The van der Waals surface area contributed by atoms with Crippen molar-refractivity contribution in [1.29, 1.82) is 0 Å². The standard InChI is InChI=1S/C19H19NO5/c21-14(11-4-2-1-3-5-11)10-25-15(22)9-20-18(23)16-12-6-7-13(8-12)17(16)19(20)24/h1-5,12-13,16-17H,6-10H2/t12-,13+,16+,17-. The Morgan fingerprint density at radius 3 is 2.20 bits per heavy atom. The first kappa shape index (κ1) is 16.0. The van der Waals surface area contributed by atoms with Gasteiger partial charge in [0.2, 0.25) is 11.8 Å². The van der Waals surface area contributed by atoms with E-state index >= 15 is 0 Å². The van der Waals surface area contributed by atoms with Crippen molar-refractivity contribution in [3.63, 3.8) is 0 Å². The van der Waals surface area contributed by atoms with Crippen molar-refractivity contribution in [3.05, 3.63) is 35.9 Å². The van der Waals surface area contributed by atoms with Crippen molar-refractivity contribution >= 4 is 23.6 Å². The number of hydrogen-bond donors (Lipinski definition) is 0. The molecule has 0 aromatic heterocycles. The fourth-order valence-electron chi connectivity index (χ4n) is 4.65. The van der Waals surface area contributed by atoms with Crippen LogP contribution in [0.1, 0.15) is 29.6 Å². The highest BCUT2D eigenvalue weighted by Crippen LogP contribution is 2.56. The molecular weight excluding hydrogens is 322 g/mol. The van der Waals surface area contributed by atoms with Crippen molar-refractivity contribution in [2.75, 3.05) is 13.2 Å². The van der Waals surface area contributed by atoms with E-state index in [1.807, 2.05) is 0 Å². The molecule has 6 heteroatoms. The average Bonchev–Trinajstić information content (AvgIpc) is 3.30. The first-order valence-corrected chi connectivity index (χ1v) is 8.65. The van der Waals surface area contributed by atoms with Crippen LogP contribution >= 0.6 is 0 Å². The average molecular weight is 341 g/mol. The highest BCUT2D eigenvalue weighted by atomic mass is 16.5. The zero-order valence-electron chi connectivity index (χ0n) is 13.7. The monoisotopic (exact) mass is 341 g/mol. The number of rotatable bonds is 5. The second-order valence-electron chi connectivity index (χ2n) is 7.10. The lowest BCUT2D eigenvalue weighted by atomic mass is 9.81. The van der Waals surface area contributed by atoms with E-state index in [1.165, 1.54) is 0 Å². The van der Waals surface area contributed by atoms with E-state index in [0.29, 0.717) is 5.56 Å². The first-order valence-electron chi connectivity index (χ1n) is 8.65. The van der Waals surface area contributed by atoms with Crippen molar-refractivity contribution in [2.45, 2.75) is 19.3 Å².